The molecule has 0 bridgehead atoms. The van der Waals surface area contributed by atoms with E-state index in [0.29, 0.717) is 0 Å². The normalized spacial score (nSPS) is 9.95. The average molecular weight is 285 g/mol. The molecule has 0 saturated heterocycles. The van der Waals surface area contributed by atoms with E-state index in [0.717, 1.165) is 15.4 Å². The molecule has 2 aromatic rings. The Morgan fingerprint density at radius 3 is 2.35 bits per heavy atom. The third-order valence-electron chi connectivity index (χ3n) is 2.60. The van der Waals surface area contributed by atoms with Crippen molar-refractivity contribution in [2.75, 3.05) is 0 Å². The fourth-order valence-corrected chi connectivity index (χ4v) is 2.51. The van der Waals surface area contributed by atoms with Crippen molar-refractivity contribution in [3.63, 3.8) is 0 Å². The molecule has 0 amide bonds. The Bertz CT molecular complexity index is 675. The maximum absolute atomic E-state index is 10.6. The number of rotatable bonds is 4. The lowest BCUT2D eigenvalue weighted by Gasteiger charge is -2.04. The van der Waals surface area contributed by atoms with Gasteiger partial charge in [-0.3, -0.25) is 4.79 Å². The zero-order valence-electron chi connectivity index (χ0n) is 10.4. The highest BCUT2D eigenvalue weighted by atomic mass is 32.2. The van der Waals surface area contributed by atoms with Crippen LogP contribution in [0.3, 0.4) is 0 Å². The van der Waals surface area contributed by atoms with Gasteiger partial charge < -0.3 is 10.2 Å². The Labute approximate surface area is 120 Å². The summed E-state index contributed by atoms with van der Waals surface area (Å²) < 4.78 is 0. The molecule has 0 radical (unpaired) electrons. The fraction of sp³-hybridized carbons (Fsp3) is 0.0667. The van der Waals surface area contributed by atoms with Gasteiger partial charge in [0, 0.05) is 9.79 Å². The summed E-state index contributed by atoms with van der Waals surface area (Å²) in [6, 6.07) is 13.9. The molecule has 20 heavy (non-hydrogen) atoms. The molecule has 0 saturated carbocycles. The van der Waals surface area contributed by atoms with Gasteiger partial charge in [0.1, 0.15) is 11.8 Å². The van der Waals surface area contributed by atoms with E-state index in [1.807, 2.05) is 18.2 Å². The smallest absolute Gasteiger partial charge is 0.307 e. The lowest BCUT2D eigenvalue weighted by molar-refractivity contribution is -0.136. The molecule has 4 nitrogen and oxygen atoms in total. The van der Waals surface area contributed by atoms with E-state index >= 15 is 0 Å². The average Bonchev–Trinajstić information content (AvgIpc) is 2.41. The summed E-state index contributed by atoms with van der Waals surface area (Å²) in [6.45, 7) is 0. The molecule has 0 aromatic heterocycles. The van der Waals surface area contributed by atoms with Gasteiger partial charge in [-0.15, -0.1) is 0 Å². The first kappa shape index (κ1) is 14.0. The van der Waals surface area contributed by atoms with Gasteiger partial charge in [0.25, 0.3) is 0 Å². The third kappa shape index (κ3) is 3.53. The van der Waals surface area contributed by atoms with Crippen molar-refractivity contribution in [2.24, 2.45) is 0 Å². The van der Waals surface area contributed by atoms with Crippen LogP contribution >= 0.6 is 11.8 Å². The first-order chi connectivity index (χ1) is 9.58. The van der Waals surface area contributed by atoms with Gasteiger partial charge >= 0.3 is 5.97 Å². The number of phenols is 1. The molecule has 2 rings (SSSR count). The molecular formula is C15H11NO3S. The second-order valence-corrected chi connectivity index (χ2v) is 5.25. The van der Waals surface area contributed by atoms with Gasteiger partial charge in [-0.05, 0) is 35.9 Å². The zero-order chi connectivity index (χ0) is 14.5. The lowest BCUT2D eigenvalue weighted by Crippen LogP contribution is -1.99. The number of aliphatic carboxylic acids is 1. The topological polar surface area (TPSA) is 81.3 Å². The predicted octanol–water partition coefficient (Wildman–Crippen LogP) is 3.04. The second-order valence-electron chi connectivity index (χ2n) is 4.11. The number of carboxylic acid groups (broad SMARTS) is 1. The van der Waals surface area contributed by atoms with Crippen molar-refractivity contribution in [1.82, 2.24) is 0 Å². The van der Waals surface area contributed by atoms with Gasteiger partial charge in [-0.2, -0.15) is 5.26 Å². The summed E-state index contributed by atoms with van der Waals surface area (Å²) in [6.07, 6.45) is 0.00258. The maximum atomic E-state index is 10.6. The molecular weight excluding hydrogens is 274 g/mol. The van der Waals surface area contributed by atoms with Crippen LogP contribution in [0.5, 0.6) is 5.75 Å². The van der Waals surface area contributed by atoms with E-state index in [-0.39, 0.29) is 17.7 Å². The van der Waals surface area contributed by atoms with E-state index in [1.54, 1.807) is 24.3 Å². The molecule has 0 aliphatic carbocycles. The fourth-order valence-electron chi connectivity index (χ4n) is 1.66. The van der Waals surface area contributed by atoms with Crippen LogP contribution < -0.4 is 0 Å². The predicted molar refractivity (Wildman–Crippen MR) is 74.7 cm³/mol. The summed E-state index contributed by atoms with van der Waals surface area (Å²) in [5, 5.41) is 27.0. The molecule has 2 N–H and O–H groups in total. The molecule has 0 heterocycles. The lowest BCUT2D eigenvalue weighted by atomic mass is 10.2. The Kier molecular flexibility index (Phi) is 4.28. The zero-order valence-corrected chi connectivity index (χ0v) is 11.2. The number of benzene rings is 2. The first-order valence-electron chi connectivity index (χ1n) is 5.80. The van der Waals surface area contributed by atoms with Crippen molar-refractivity contribution in [3.8, 4) is 11.8 Å². The second kappa shape index (κ2) is 6.13. The maximum Gasteiger partial charge on any atom is 0.307 e. The molecule has 0 aliphatic heterocycles. The highest BCUT2D eigenvalue weighted by Crippen LogP contribution is 2.31. The van der Waals surface area contributed by atoms with Gasteiger partial charge in [-0.25, -0.2) is 0 Å². The Hall–Kier alpha value is -2.45. The van der Waals surface area contributed by atoms with Crippen LogP contribution in [-0.2, 0) is 11.2 Å². The molecule has 0 atom stereocenters. The Morgan fingerprint density at radius 2 is 1.80 bits per heavy atom. The molecule has 100 valence electrons. The van der Waals surface area contributed by atoms with E-state index in [2.05, 4.69) is 0 Å². The minimum atomic E-state index is -0.859. The molecule has 0 unspecified atom stereocenters. The number of carbonyl (C=O) groups is 1. The van der Waals surface area contributed by atoms with Gasteiger partial charge in [0.2, 0.25) is 0 Å². The van der Waals surface area contributed by atoms with Crippen LogP contribution in [0.4, 0.5) is 0 Å². The van der Waals surface area contributed by atoms with Crippen LogP contribution in [0.1, 0.15) is 11.1 Å². The Balaban J connectivity index is 2.12. The molecule has 2 aromatic carbocycles. The van der Waals surface area contributed by atoms with Gasteiger partial charge in [0.15, 0.2) is 0 Å². The number of nitriles is 1. The van der Waals surface area contributed by atoms with E-state index in [4.69, 9.17) is 10.4 Å². The van der Waals surface area contributed by atoms with Crippen LogP contribution in [0, 0.1) is 11.3 Å². The first-order valence-corrected chi connectivity index (χ1v) is 6.62. The highest BCUT2D eigenvalue weighted by Gasteiger charge is 2.04. The summed E-state index contributed by atoms with van der Waals surface area (Å²) in [4.78, 5) is 12.3. The van der Waals surface area contributed by atoms with Crippen molar-refractivity contribution < 1.29 is 15.0 Å². The quantitative estimate of drug-likeness (QED) is 0.902. The number of aromatic hydroxyl groups is 1. The number of hydrogen-bond donors (Lipinski definition) is 2. The van der Waals surface area contributed by atoms with E-state index in [1.165, 1.54) is 17.8 Å². The van der Waals surface area contributed by atoms with E-state index in [9.17, 15) is 9.90 Å². The highest BCUT2D eigenvalue weighted by molar-refractivity contribution is 7.99. The van der Waals surface area contributed by atoms with Crippen LogP contribution in [0.25, 0.3) is 0 Å². The van der Waals surface area contributed by atoms with Gasteiger partial charge in [0.05, 0.1) is 12.0 Å². The SMILES string of the molecule is N#Cc1ccc(Sc2ccc(CC(=O)O)cc2)cc1O. The number of hydrogen-bond acceptors (Lipinski definition) is 4. The standard InChI is InChI=1S/C15H11NO3S/c16-9-11-3-6-13(8-14(11)17)20-12-4-1-10(2-5-12)7-15(18)19/h1-6,8,17H,7H2,(H,18,19). The minimum Gasteiger partial charge on any atom is -0.507 e. The summed E-state index contributed by atoms with van der Waals surface area (Å²) in [5.74, 6) is -0.901. The Morgan fingerprint density at radius 1 is 1.15 bits per heavy atom. The minimum absolute atomic E-state index is 0.00258. The number of nitrogens with zero attached hydrogens (tertiary/aromatic N) is 1. The van der Waals surface area contributed by atoms with Crippen molar-refractivity contribution in [3.05, 3.63) is 53.6 Å². The third-order valence-corrected chi connectivity index (χ3v) is 3.60. The monoisotopic (exact) mass is 285 g/mol. The largest absolute Gasteiger partial charge is 0.507 e. The summed E-state index contributed by atoms with van der Waals surface area (Å²) >= 11 is 1.43. The molecule has 0 aliphatic rings. The van der Waals surface area contributed by atoms with Crippen LogP contribution in [0.15, 0.2) is 52.3 Å². The van der Waals surface area contributed by atoms with Crippen LogP contribution in [-0.4, -0.2) is 16.2 Å². The summed E-state index contributed by atoms with van der Waals surface area (Å²) in [7, 11) is 0. The molecule has 5 heteroatoms. The molecule has 0 fully saturated rings. The van der Waals surface area contributed by atoms with Gasteiger partial charge in [-0.1, -0.05) is 23.9 Å². The van der Waals surface area contributed by atoms with Crippen molar-refractivity contribution in [2.45, 2.75) is 16.2 Å². The summed E-state index contributed by atoms with van der Waals surface area (Å²) in [5.41, 5.74) is 0.982. The van der Waals surface area contributed by atoms with E-state index < -0.39 is 5.97 Å². The van der Waals surface area contributed by atoms with Crippen molar-refractivity contribution in [1.29, 1.82) is 5.26 Å². The van der Waals surface area contributed by atoms with Crippen molar-refractivity contribution >= 4 is 17.7 Å². The molecule has 0 spiro atoms. The number of carboxylic acids is 1. The van der Waals surface area contributed by atoms with Crippen LogP contribution in [0.2, 0.25) is 0 Å². The number of phenolic OH excluding ortho intramolecular Hbond substituents is 1.